The van der Waals surface area contributed by atoms with E-state index in [9.17, 15) is 35.2 Å². The number of halogens is 2. The lowest BCUT2D eigenvalue weighted by Crippen LogP contribution is -2.55. The molecule has 0 bridgehead atoms. The predicted molar refractivity (Wildman–Crippen MR) is 159 cm³/mol. The molecule has 0 saturated heterocycles. The predicted octanol–water partition coefficient (Wildman–Crippen LogP) is 3.79. The number of hydrogen-bond donors (Lipinski definition) is 2. The molecule has 1 aromatic heterocycles. The minimum Gasteiger partial charge on any atom is -0.435 e. The number of fused-ring (bicyclic) bond motifs is 1. The van der Waals surface area contributed by atoms with E-state index in [-0.39, 0.29) is 27.1 Å². The highest BCUT2D eigenvalue weighted by atomic mass is 32.2. The Morgan fingerprint density at radius 2 is 1.64 bits per heavy atom. The number of carbonyl (C=O) groups excluding carboxylic acids is 2. The van der Waals surface area contributed by atoms with Crippen molar-refractivity contribution in [3.63, 3.8) is 0 Å². The average Bonchev–Trinajstić information content (AvgIpc) is 3.45. The van der Waals surface area contributed by atoms with E-state index in [1.165, 1.54) is 48.5 Å². The third-order valence-corrected chi connectivity index (χ3v) is 9.93. The maximum absolute atomic E-state index is 13.7. The normalized spacial score (nSPS) is 13.2. The molecule has 16 heteroatoms. The summed E-state index contributed by atoms with van der Waals surface area (Å²) in [6, 6.07) is 14.9. The van der Waals surface area contributed by atoms with Crippen molar-refractivity contribution in [2.45, 2.75) is 42.7 Å². The molecule has 1 heterocycles. The van der Waals surface area contributed by atoms with E-state index in [1.807, 2.05) is 0 Å². The molecule has 3 aromatic carbocycles. The van der Waals surface area contributed by atoms with Crippen LogP contribution in [0, 0.1) is 5.41 Å². The lowest BCUT2D eigenvalue weighted by Gasteiger charge is -2.29. The van der Waals surface area contributed by atoms with Crippen molar-refractivity contribution in [3.8, 4) is 5.75 Å². The van der Waals surface area contributed by atoms with Crippen LogP contribution < -0.4 is 10.1 Å². The molecule has 0 radical (unpaired) electrons. The van der Waals surface area contributed by atoms with Gasteiger partial charge in [-0.3, -0.25) is 15.0 Å². The Bertz CT molecular complexity index is 1870. The first kappa shape index (κ1) is 33.2. The summed E-state index contributed by atoms with van der Waals surface area (Å²) in [5, 5.41) is 10.3. The summed E-state index contributed by atoms with van der Waals surface area (Å²) >= 11 is 0. The summed E-state index contributed by atoms with van der Waals surface area (Å²) in [6.07, 6.45) is 0.274. The van der Waals surface area contributed by atoms with Gasteiger partial charge in [-0.2, -0.15) is 8.78 Å². The van der Waals surface area contributed by atoms with Gasteiger partial charge in [-0.25, -0.2) is 26.1 Å². The quantitative estimate of drug-likeness (QED) is 0.109. The number of aromatic nitrogens is 1. The van der Waals surface area contributed by atoms with Crippen LogP contribution in [0.5, 0.6) is 5.75 Å². The Hall–Kier alpha value is -4.70. The summed E-state index contributed by atoms with van der Waals surface area (Å²) in [7, 11) is -9.15. The number of amides is 1. The summed E-state index contributed by atoms with van der Waals surface area (Å²) in [6.45, 7) is -1.70. The van der Waals surface area contributed by atoms with Crippen molar-refractivity contribution in [1.29, 1.82) is 5.41 Å². The second-order valence-electron chi connectivity index (χ2n) is 9.65. The third-order valence-electron chi connectivity index (χ3n) is 6.58. The van der Waals surface area contributed by atoms with Crippen molar-refractivity contribution >= 4 is 49.0 Å². The van der Waals surface area contributed by atoms with Crippen LogP contribution in [0.3, 0.4) is 0 Å². The van der Waals surface area contributed by atoms with E-state index >= 15 is 0 Å². The molecule has 12 nitrogen and oxygen atoms in total. The Labute approximate surface area is 257 Å². The highest BCUT2D eigenvalue weighted by molar-refractivity contribution is 7.91. The number of alkyl halides is 2. The van der Waals surface area contributed by atoms with Crippen molar-refractivity contribution in [2.75, 3.05) is 5.75 Å². The standard InChI is InChI=1S/C29H28F2N4O8S2/c1-2-21(26(36)28-34-22-13-7-9-15-25(22)42-28)33-27(37)23(35(18-32)45(40,41)20-11-4-3-5-12-20)17-44(38,39)16-19-10-6-8-14-24(19)43-29(30)31/h3-15,18,21,23,29,32H,2,16-17H2,1H3,(H,33,37)/t21-,23?/m0/s1. The first-order valence-corrected chi connectivity index (χ1v) is 16.6. The summed E-state index contributed by atoms with van der Waals surface area (Å²) in [5.74, 6) is -4.81. The van der Waals surface area contributed by atoms with Crippen LogP contribution in [0.1, 0.15) is 29.6 Å². The van der Waals surface area contributed by atoms with Crippen molar-refractivity contribution in [2.24, 2.45) is 0 Å². The van der Waals surface area contributed by atoms with E-state index in [1.54, 1.807) is 31.2 Å². The number of benzene rings is 3. The van der Waals surface area contributed by atoms with Gasteiger partial charge in [-0.1, -0.05) is 55.5 Å². The zero-order chi connectivity index (χ0) is 32.8. The zero-order valence-corrected chi connectivity index (χ0v) is 25.3. The minimum atomic E-state index is -4.67. The number of ether oxygens (including phenoxy) is 1. The van der Waals surface area contributed by atoms with Gasteiger partial charge >= 0.3 is 6.61 Å². The first-order valence-electron chi connectivity index (χ1n) is 13.4. The Morgan fingerprint density at radius 1 is 1.00 bits per heavy atom. The highest BCUT2D eigenvalue weighted by Crippen LogP contribution is 2.25. The second kappa shape index (κ2) is 13.9. The fourth-order valence-electron chi connectivity index (χ4n) is 4.42. The van der Waals surface area contributed by atoms with Crippen LogP contribution in [0.25, 0.3) is 11.1 Å². The molecule has 1 unspecified atom stereocenters. The number of ketones is 1. The maximum Gasteiger partial charge on any atom is 0.387 e. The van der Waals surface area contributed by atoms with Crippen LogP contribution in [0.2, 0.25) is 0 Å². The number of rotatable bonds is 15. The average molecular weight is 663 g/mol. The van der Waals surface area contributed by atoms with Crippen LogP contribution >= 0.6 is 0 Å². The van der Waals surface area contributed by atoms with Gasteiger partial charge in [0, 0.05) is 5.56 Å². The maximum atomic E-state index is 13.7. The molecule has 1 amide bonds. The van der Waals surface area contributed by atoms with Crippen molar-refractivity contribution < 1.29 is 44.4 Å². The number of sulfonamides is 1. The van der Waals surface area contributed by atoms with Crippen LogP contribution in [-0.2, 0) is 30.4 Å². The molecule has 2 atom stereocenters. The molecule has 238 valence electrons. The fraction of sp³-hybridized carbons (Fsp3) is 0.241. The van der Waals surface area contributed by atoms with Gasteiger partial charge in [0.2, 0.25) is 11.7 Å². The smallest absolute Gasteiger partial charge is 0.387 e. The Morgan fingerprint density at radius 3 is 2.29 bits per heavy atom. The molecule has 0 aliphatic heterocycles. The van der Waals surface area contributed by atoms with Gasteiger partial charge in [0.15, 0.2) is 15.4 Å². The summed E-state index contributed by atoms with van der Waals surface area (Å²) in [5.41, 5.74) is 0.527. The molecule has 0 spiro atoms. The van der Waals surface area contributed by atoms with Gasteiger partial charge in [-0.15, -0.1) is 0 Å². The van der Waals surface area contributed by atoms with Gasteiger partial charge < -0.3 is 14.5 Å². The third kappa shape index (κ3) is 7.88. The van der Waals surface area contributed by atoms with E-state index in [2.05, 4.69) is 15.0 Å². The molecule has 4 aromatic rings. The summed E-state index contributed by atoms with van der Waals surface area (Å²) in [4.78, 5) is 30.8. The topological polar surface area (TPSA) is 177 Å². The molecule has 0 fully saturated rings. The summed E-state index contributed by atoms with van der Waals surface area (Å²) < 4.78 is 90.0. The minimum absolute atomic E-state index is 0.0167. The highest BCUT2D eigenvalue weighted by Gasteiger charge is 2.39. The van der Waals surface area contributed by atoms with Crippen LogP contribution in [0.15, 0.2) is 88.2 Å². The van der Waals surface area contributed by atoms with E-state index in [0.29, 0.717) is 17.4 Å². The molecule has 45 heavy (non-hydrogen) atoms. The molecular formula is C29H28F2N4O8S2. The van der Waals surface area contributed by atoms with Gasteiger partial charge in [0.25, 0.3) is 15.9 Å². The number of nitrogens with one attached hydrogen (secondary N) is 2. The van der Waals surface area contributed by atoms with Crippen molar-refractivity contribution in [3.05, 3.63) is 90.3 Å². The fourth-order valence-corrected chi connectivity index (χ4v) is 7.53. The Kier molecular flexibility index (Phi) is 10.3. The number of hydrogen-bond acceptors (Lipinski definition) is 10. The molecule has 0 aliphatic rings. The number of carbonyl (C=O) groups is 2. The van der Waals surface area contributed by atoms with Gasteiger partial charge in [-0.05, 0) is 36.8 Å². The lowest BCUT2D eigenvalue weighted by atomic mass is 10.1. The van der Waals surface area contributed by atoms with Crippen LogP contribution in [0.4, 0.5) is 8.78 Å². The monoisotopic (exact) mass is 662 g/mol. The van der Waals surface area contributed by atoms with E-state index in [0.717, 1.165) is 6.07 Å². The van der Waals surface area contributed by atoms with E-state index < -0.39 is 67.5 Å². The zero-order valence-electron chi connectivity index (χ0n) is 23.7. The van der Waals surface area contributed by atoms with Gasteiger partial charge in [0.1, 0.15) is 17.3 Å². The number of sulfone groups is 1. The van der Waals surface area contributed by atoms with Crippen molar-refractivity contribution in [1.82, 2.24) is 14.6 Å². The number of oxazole rings is 1. The Balaban J connectivity index is 1.69. The van der Waals surface area contributed by atoms with Gasteiger partial charge in [0.05, 0.1) is 28.8 Å². The SMILES string of the molecule is CC[C@H](NC(=O)C(CS(=O)(=O)Cc1ccccc1OC(F)F)N(C=N)S(=O)(=O)c1ccccc1)C(=O)c1nc2ccccc2o1. The van der Waals surface area contributed by atoms with Crippen LogP contribution in [-0.4, -0.2) is 68.6 Å². The second-order valence-corrected chi connectivity index (χ2v) is 13.6. The molecule has 2 N–H and O–H groups in total. The van der Waals surface area contributed by atoms with E-state index in [4.69, 9.17) is 9.83 Å². The number of nitrogens with zero attached hydrogens (tertiary/aromatic N) is 2. The largest absolute Gasteiger partial charge is 0.435 e. The molecule has 0 aliphatic carbocycles. The molecule has 0 saturated carbocycles. The molecular weight excluding hydrogens is 634 g/mol. The number of Topliss-reactive ketones (excluding diaryl/α,β-unsaturated/α-hetero) is 1. The first-order chi connectivity index (χ1) is 21.4. The number of para-hydroxylation sites is 3. The molecule has 4 rings (SSSR count). The lowest BCUT2D eigenvalue weighted by molar-refractivity contribution is -0.124.